The van der Waals surface area contributed by atoms with Gasteiger partial charge in [-0.05, 0) is 68.6 Å². The number of methoxy groups -OCH3 is 2. The highest BCUT2D eigenvalue weighted by atomic mass is 19.4. The number of aromatic nitrogens is 1. The van der Waals surface area contributed by atoms with Gasteiger partial charge in [0.1, 0.15) is 22.9 Å². The fourth-order valence-corrected chi connectivity index (χ4v) is 6.20. The summed E-state index contributed by atoms with van der Waals surface area (Å²) in [5.74, 6) is -0.852. The summed E-state index contributed by atoms with van der Waals surface area (Å²) in [6, 6.07) is 7.53. The van der Waals surface area contributed by atoms with Gasteiger partial charge in [0, 0.05) is 62.1 Å². The molecular formula is C37H43F3N8O6. The van der Waals surface area contributed by atoms with E-state index in [9.17, 15) is 32.3 Å². The second kappa shape index (κ2) is 17.9. The van der Waals surface area contributed by atoms with Gasteiger partial charge in [-0.25, -0.2) is 9.78 Å². The Labute approximate surface area is 310 Å². The summed E-state index contributed by atoms with van der Waals surface area (Å²) in [5, 5.41) is 19.5. The molecule has 5 rings (SSSR count). The number of amides is 5. The SMILES string of the molecule is COC1=CC(=N)/C(=C\NC2CCN(CCCCCNC(=O)c3ccc(OC)c(N4CCC(=O)NC4=O)c3)CC2)C=C1NC(=O)c1cccc(C(F)(F)F)n1. The van der Waals surface area contributed by atoms with Crippen molar-refractivity contribution in [2.75, 3.05) is 51.8 Å². The van der Waals surface area contributed by atoms with Crippen LogP contribution in [0, 0.1) is 5.41 Å². The van der Waals surface area contributed by atoms with Gasteiger partial charge in [0.25, 0.3) is 11.8 Å². The number of ether oxygens (including phenoxy) is 2. The van der Waals surface area contributed by atoms with E-state index in [2.05, 4.69) is 31.2 Å². The van der Waals surface area contributed by atoms with Crippen molar-refractivity contribution in [1.29, 1.82) is 5.41 Å². The maximum atomic E-state index is 13.1. The number of urea groups is 1. The lowest BCUT2D eigenvalue weighted by Gasteiger charge is -2.32. The predicted octanol–water partition coefficient (Wildman–Crippen LogP) is 4.27. The number of rotatable bonds is 14. The first-order valence-electron chi connectivity index (χ1n) is 17.5. The third-order valence-corrected chi connectivity index (χ3v) is 9.18. The first-order valence-corrected chi connectivity index (χ1v) is 17.5. The summed E-state index contributed by atoms with van der Waals surface area (Å²) < 4.78 is 50.0. The summed E-state index contributed by atoms with van der Waals surface area (Å²) in [7, 11) is 2.84. The van der Waals surface area contributed by atoms with Crippen molar-refractivity contribution >= 4 is 35.2 Å². The molecule has 2 aromatic rings. The number of imide groups is 1. The predicted molar refractivity (Wildman–Crippen MR) is 193 cm³/mol. The van der Waals surface area contributed by atoms with Crippen LogP contribution in [0.3, 0.4) is 0 Å². The van der Waals surface area contributed by atoms with Crippen LogP contribution in [0.5, 0.6) is 5.75 Å². The van der Waals surface area contributed by atoms with Crippen LogP contribution < -0.4 is 30.9 Å². The number of halogens is 3. The highest BCUT2D eigenvalue weighted by molar-refractivity contribution is 6.10. The zero-order valence-electron chi connectivity index (χ0n) is 30.0. The molecule has 14 nitrogen and oxygen atoms in total. The Kier molecular flexibility index (Phi) is 13.1. The van der Waals surface area contributed by atoms with Crippen molar-refractivity contribution in [3.8, 4) is 5.75 Å². The number of benzene rings is 1. The van der Waals surface area contributed by atoms with E-state index in [4.69, 9.17) is 14.9 Å². The molecule has 0 atom stereocenters. The van der Waals surface area contributed by atoms with Gasteiger partial charge in [-0.1, -0.05) is 12.5 Å². The minimum Gasteiger partial charge on any atom is -0.495 e. The minimum atomic E-state index is -4.69. The number of allylic oxidation sites excluding steroid dienone is 3. The van der Waals surface area contributed by atoms with Crippen molar-refractivity contribution in [1.82, 2.24) is 31.2 Å². The second-order valence-corrected chi connectivity index (χ2v) is 12.9. The van der Waals surface area contributed by atoms with Crippen LogP contribution in [0.1, 0.15) is 65.1 Å². The van der Waals surface area contributed by atoms with E-state index in [0.717, 1.165) is 63.9 Å². The molecule has 3 aliphatic rings. The lowest BCUT2D eigenvalue weighted by Crippen LogP contribution is -2.49. The van der Waals surface area contributed by atoms with Gasteiger partial charge in [0.2, 0.25) is 5.91 Å². The summed E-state index contributed by atoms with van der Waals surface area (Å²) in [5.41, 5.74) is 0.0210. The molecule has 0 radical (unpaired) electrons. The summed E-state index contributed by atoms with van der Waals surface area (Å²) in [6.45, 7) is 3.37. The molecule has 288 valence electrons. The number of carbonyl (C=O) groups is 4. The van der Waals surface area contributed by atoms with E-state index >= 15 is 0 Å². The van der Waals surface area contributed by atoms with Crippen LogP contribution in [-0.4, -0.2) is 92.3 Å². The largest absolute Gasteiger partial charge is 0.495 e. The number of hydrogen-bond acceptors (Lipinski definition) is 10. The lowest BCUT2D eigenvalue weighted by atomic mass is 10.0. The first kappa shape index (κ1) is 39.5. The number of nitrogens with zero attached hydrogens (tertiary/aromatic N) is 3. The fourth-order valence-electron chi connectivity index (χ4n) is 6.20. The first-order chi connectivity index (χ1) is 25.9. The molecule has 2 saturated heterocycles. The van der Waals surface area contributed by atoms with Crippen molar-refractivity contribution in [3.05, 3.63) is 88.7 Å². The van der Waals surface area contributed by atoms with E-state index < -0.39 is 29.5 Å². The molecule has 17 heteroatoms. The molecule has 0 bridgehead atoms. The van der Waals surface area contributed by atoms with E-state index in [0.29, 0.717) is 29.1 Å². The zero-order chi connectivity index (χ0) is 38.8. The topological polar surface area (TPSA) is 178 Å². The minimum absolute atomic E-state index is 0.141. The van der Waals surface area contributed by atoms with Crippen LogP contribution in [0.4, 0.5) is 23.7 Å². The normalized spacial score (nSPS) is 17.8. The van der Waals surface area contributed by atoms with Crippen LogP contribution >= 0.6 is 0 Å². The summed E-state index contributed by atoms with van der Waals surface area (Å²) in [6.07, 6.45) is 4.56. The van der Waals surface area contributed by atoms with E-state index in [-0.39, 0.29) is 48.0 Å². The molecule has 54 heavy (non-hydrogen) atoms. The second-order valence-electron chi connectivity index (χ2n) is 12.9. The monoisotopic (exact) mass is 752 g/mol. The number of carbonyl (C=O) groups excluding carboxylic acids is 4. The molecule has 0 saturated carbocycles. The quantitative estimate of drug-likeness (QED) is 0.176. The van der Waals surface area contributed by atoms with Crippen LogP contribution in [0.2, 0.25) is 0 Å². The molecule has 5 amide bonds. The van der Waals surface area contributed by atoms with Gasteiger partial charge >= 0.3 is 12.2 Å². The van der Waals surface area contributed by atoms with E-state index in [1.807, 2.05) is 0 Å². The number of nitrogens with one attached hydrogen (secondary N) is 5. The molecule has 0 unspecified atom stereocenters. The number of likely N-dealkylation sites (tertiary alicyclic amines) is 1. The number of unbranched alkanes of at least 4 members (excludes halogenated alkanes) is 2. The van der Waals surface area contributed by atoms with Crippen LogP contribution in [-0.2, 0) is 15.7 Å². The Bertz CT molecular complexity index is 1850. The summed E-state index contributed by atoms with van der Waals surface area (Å²) >= 11 is 0. The number of alkyl halides is 3. The van der Waals surface area contributed by atoms with Crippen LogP contribution in [0.25, 0.3) is 0 Å². The Morgan fingerprint density at radius 3 is 2.50 bits per heavy atom. The molecule has 2 aliphatic heterocycles. The van der Waals surface area contributed by atoms with Gasteiger partial charge in [-0.3, -0.25) is 24.6 Å². The molecule has 2 fully saturated rings. The highest BCUT2D eigenvalue weighted by Gasteiger charge is 2.33. The molecule has 1 aromatic carbocycles. The maximum absolute atomic E-state index is 13.1. The Hall–Kier alpha value is -5.71. The van der Waals surface area contributed by atoms with Gasteiger partial charge in [0.15, 0.2) is 0 Å². The highest BCUT2D eigenvalue weighted by Crippen LogP contribution is 2.31. The average Bonchev–Trinajstić information content (AvgIpc) is 3.16. The lowest BCUT2D eigenvalue weighted by molar-refractivity contribution is -0.141. The van der Waals surface area contributed by atoms with Crippen molar-refractivity contribution < 1.29 is 41.8 Å². The zero-order valence-corrected chi connectivity index (χ0v) is 30.0. The van der Waals surface area contributed by atoms with Crippen molar-refractivity contribution in [3.63, 3.8) is 0 Å². The van der Waals surface area contributed by atoms with Crippen LogP contribution in [0.15, 0.2) is 71.8 Å². The van der Waals surface area contributed by atoms with E-state index in [1.165, 1.54) is 37.3 Å². The average molecular weight is 753 g/mol. The Morgan fingerprint density at radius 1 is 1.02 bits per heavy atom. The van der Waals surface area contributed by atoms with Gasteiger partial charge in [-0.15, -0.1) is 0 Å². The van der Waals surface area contributed by atoms with Gasteiger partial charge < -0.3 is 35.7 Å². The molecule has 1 aliphatic carbocycles. The number of pyridine rings is 1. The van der Waals surface area contributed by atoms with Crippen molar-refractivity contribution in [2.45, 2.75) is 50.7 Å². The molecule has 0 spiro atoms. The standard InChI is InChI=1S/C37H43F3N8O6/c1-53-30-10-9-23(20-29(30)48-18-13-33(49)46-36(48)52)34(50)42-14-4-3-5-15-47-16-11-25(12-17-47)43-22-24-19-28(31(54-2)21-26(24)41)45-35(51)27-7-6-8-32(44-27)37(38,39)40/h6-10,19-22,25,41,43H,3-5,11-18H2,1-2H3,(H,42,50)(H,45,51)(H,46,49,52)/b24-22-,41-26?. The van der Waals surface area contributed by atoms with E-state index in [1.54, 1.807) is 24.4 Å². The fraction of sp³-hybridized carbons (Fsp3) is 0.405. The molecule has 3 heterocycles. The number of anilines is 1. The maximum Gasteiger partial charge on any atom is 0.433 e. The third kappa shape index (κ3) is 10.2. The molecule has 1 aromatic heterocycles. The van der Waals surface area contributed by atoms with Gasteiger partial charge in [-0.2, -0.15) is 13.2 Å². The number of hydrogen-bond donors (Lipinski definition) is 5. The molecule has 5 N–H and O–H groups in total. The number of piperidine rings is 1. The van der Waals surface area contributed by atoms with Gasteiger partial charge in [0.05, 0.1) is 31.3 Å². The third-order valence-electron chi connectivity index (χ3n) is 9.18. The Morgan fingerprint density at radius 2 is 1.80 bits per heavy atom. The Balaban J connectivity index is 1.03. The molecular weight excluding hydrogens is 709 g/mol. The summed E-state index contributed by atoms with van der Waals surface area (Å²) in [4.78, 5) is 56.8. The van der Waals surface area contributed by atoms with Crippen molar-refractivity contribution in [2.24, 2.45) is 0 Å². The smallest absolute Gasteiger partial charge is 0.433 e.